The molecule has 2 aromatic rings. The van der Waals surface area contributed by atoms with Gasteiger partial charge in [-0.3, -0.25) is 0 Å². The number of aromatic nitrogens is 4. The van der Waals surface area contributed by atoms with Gasteiger partial charge in [0.25, 0.3) is 0 Å². The number of nitrogens with two attached hydrogens (primary N) is 1. The summed E-state index contributed by atoms with van der Waals surface area (Å²) >= 11 is 0. The number of imidazole rings is 1. The van der Waals surface area contributed by atoms with Crippen molar-refractivity contribution in [1.29, 1.82) is 0 Å². The van der Waals surface area contributed by atoms with Crippen molar-refractivity contribution < 1.29 is 4.74 Å². The minimum absolute atomic E-state index is 0.510. The quantitative estimate of drug-likeness (QED) is 0.901. The van der Waals surface area contributed by atoms with Crippen LogP contribution in [-0.4, -0.2) is 26.1 Å². The molecule has 0 radical (unpaired) electrons. The summed E-state index contributed by atoms with van der Waals surface area (Å²) in [6, 6.07) is 0. The van der Waals surface area contributed by atoms with E-state index in [1.54, 1.807) is 12.5 Å². The summed E-state index contributed by atoms with van der Waals surface area (Å²) < 4.78 is 7.45. The van der Waals surface area contributed by atoms with E-state index in [1.807, 2.05) is 0 Å². The summed E-state index contributed by atoms with van der Waals surface area (Å²) in [6.07, 6.45) is 5.42. The van der Waals surface area contributed by atoms with Crippen LogP contribution in [0.2, 0.25) is 0 Å². The first-order valence-corrected chi connectivity index (χ1v) is 6.53. The standard InChI is InChI=1S/C13H17N5O/c1-2-4-18-8-15-6-11(18)13-16-10-3-5-19-7-9(10)12(14)17-13/h6,8H,2-5,7H2,1H3,(H2,14,16,17). The van der Waals surface area contributed by atoms with Gasteiger partial charge in [-0.2, -0.15) is 0 Å². The Morgan fingerprint density at radius 1 is 1.42 bits per heavy atom. The van der Waals surface area contributed by atoms with Crippen LogP contribution in [0.3, 0.4) is 0 Å². The highest BCUT2D eigenvalue weighted by molar-refractivity contribution is 5.55. The second-order valence-corrected chi connectivity index (χ2v) is 4.63. The van der Waals surface area contributed by atoms with E-state index in [2.05, 4.69) is 26.4 Å². The minimum Gasteiger partial charge on any atom is -0.383 e. The lowest BCUT2D eigenvalue weighted by molar-refractivity contribution is 0.109. The summed E-state index contributed by atoms with van der Waals surface area (Å²) in [5.74, 6) is 1.17. The van der Waals surface area contributed by atoms with Crippen molar-refractivity contribution in [1.82, 2.24) is 19.5 Å². The zero-order valence-electron chi connectivity index (χ0n) is 11.0. The third-order valence-corrected chi connectivity index (χ3v) is 3.26. The second-order valence-electron chi connectivity index (χ2n) is 4.63. The lowest BCUT2D eigenvalue weighted by Gasteiger charge is -2.18. The van der Waals surface area contributed by atoms with Gasteiger partial charge < -0.3 is 15.0 Å². The molecule has 6 heteroatoms. The molecule has 0 bridgehead atoms. The number of nitrogens with zero attached hydrogens (tertiary/aromatic N) is 4. The van der Waals surface area contributed by atoms with Gasteiger partial charge in [0.15, 0.2) is 5.82 Å². The Hall–Kier alpha value is -1.95. The number of fused-ring (bicyclic) bond motifs is 1. The third-order valence-electron chi connectivity index (χ3n) is 3.26. The molecule has 1 aliphatic rings. The Labute approximate surface area is 111 Å². The summed E-state index contributed by atoms with van der Waals surface area (Å²) in [5, 5.41) is 0. The molecule has 0 atom stereocenters. The van der Waals surface area contributed by atoms with Crippen LogP contribution in [0.1, 0.15) is 24.6 Å². The molecule has 0 fully saturated rings. The SMILES string of the molecule is CCCn1cncc1-c1nc(N)c2c(n1)CCOC2. The predicted molar refractivity (Wildman–Crippen MR) is 71.3 cm³/mol. The smallest absolute Gasteiger partial charge is 0.180 e. The molecule has 6 nitrogen and oxygen atoms in total. The van der Waals surface area contributed by atoms with Gasteiger partial charge in [-0.15, -0.1) is 0 Å². The van der Waals surface area contributed by atoms with E-state index >= 15 is 0 Å². The lowest BCUT2D eigenvalue weighted by Crippen LogP contribution is -2.16. The van der Waals surface area contributed by atoms with E-state index in [0.29, 0.717) is 24.9 Å². The Kier molecular flexibility index (Phi) is 3.16. The van der Waals surface area contributed by atoms with Crippen LogP contribution in [0.5, 0.6) is 0 Å². The normalized spacial score (nSPS) is 14.4. The summed E-state index contributed by atoms with van der Waals surface area (Å²) in [7, 11) is 0. The van der Waals surface area contributed by atoms with E-state index in [4.69, 9.17) is 10.5 Å². The highest BCUT2D eigenvalue weighted by Gasteiger charge is 2.18. The first-order valence-electron chi connectivity index (χ1n) is 6.53. The van der Waals surface area contributed by atoms with Crippen LogP contribution in [-0.2, 0) is 24.3 Å². The molecule has 100 valence electrons. The van der Waals surface area contributed by atoms with Gasteiger partial charge in [0.1, 0.15) is 11.5 Å². The van der Waals surface area contributed by atoms with Crippen LogP contribution in [0, 0.1) is 0 Å². The highest BCUT2D eigenvalue weighted by atomic mass is 16.5. The Balaban J connectivity index is 2.05. The zero-order valence-corrected chi connectivity index (χ0v) is 11.0. The predicted octanol–water partition coefficient (Wildman–Crippen LogP) is 1.41. The molecule has 0 amide bonds. The lowest BCUT2D eigenvalue weighted by atomic mass is 10.1. The number of hydrogen-bond donors (Lipinski definition) is 1. The van der Waals surface area contributed by atoms with E-state index < -0.39 is 0 Å². The minimum atomic E-state index is 0.510. The molecule has 0 saturated carbocycles. The fraction of sp³-hybridized carbons (Fsp3) is 0.462. The van der Waals surface area contributed by atoms with Crippen LogP contribution in [0.25, 0.3) is 11.5 Å². The van der Waals surface area contributed by atoms with E-state index in [9.17, 15) is 0 Å². The van der Waals surface area contributed by atoms with Gasteiger partial charge >= 0.3 is 0 Å². The van der Waals surface area contributed by atoms with Gasteiger partial charge in [-0.25, -0.2) is 15.0 Å². The number of anilines is 1. The van der Waals surface area contributed by atoms with Crippen molar-refractivity contribution in [3.05, 3.63) is 23.8 Å². The zero-order chi connectivity index (χ0) is 13.2. The van der Waals surface area contributed by atoms with E-state index in [1.165, 1.54) is 0 Å². The fourth-order valence-electron chi connectivity index (χ4n) is 2.30. The number of aryl methyl sites for hydroxylation is 1. The molecule has 0 saturated heterocycles. The molecular formula is C13H17N5O. The van der Waals surface area contributed by atoms with Gasteiger partial charge in [0.2, 0.25) is 0 Å². The van der Waals surface area contributed by atoms with E-state index in [0.717, 1.165) is 36.3 Å². The molecule has 1 aliphatic heterocycles. The first kappa shape index (κ1) is 12.1. The van der Waals surface area contributed by atoms with E-state index in [-0.39, 0.29) is 0 Å². The molecule has 0 unspecified atom stereocenters. The number of hydrogen-bond acceptors (Lipinski definition) is 5. The first-order chi connectivity index (χ1) is 9.29. The average Bonchev–Trinajstić information content (AvgIpc) is 2.87. The largest absolute Gasteiger partial charge is 0.383 e. The van der Waals surface area contributed by atoms with Crippen molar-refractivity contribution >= 4 is 5.82 Å². The third kappa shape index (κ3) is 2.19. The fourth-order valence-corrected chi connectivity index (χ4v) is 2.30. The molecule has 2 aromatic heterocycles. The topological polar surface area (TPSA) is 78.9 Å². The van der Waals surface area contributed by atoms with Crippen molar-refractivity contribution in [2.75, 3.05) is 12.3 Å². The Morgan fingerprint density at radius 3 is 3.16 bits per heavy atom. The molecule has 0 spiro atoms. The van der Waals surface area contributed by atoms with Crippen LogP contribution < -0.4 is 5.73 Å². The maximum Gasteiger partial charge on any atom is 0.180 e. The molecule has 3 heterocycles. The van der Waals surface area contributed by atoms with Crippen LogP contribution in [0.4, 0.5) is 5.82 Å². The Bertz CT molecular complexity index is 593. The van der Waals surface area contributed by atoms with Gasteiger partial charge in [0.05, 0.1) is 31.4 Å². The van der Waals surface area contributed by atoms with Crippen molar-refractivity contribution in [3.8, 4) is 11.5 Å². The summed E-state index contributed by atoms with van der Waals surface area (Å²) in [5.41, 5.74) is 8.86. The van der Waals surface area contributed by atoms with Crippen LogP contribution in [0.15, 0.2) is 12.5 Å². The van der Waals surface area contributed by atoms with Crippen molar-refractivity contribution in [2.45, 2.75) is 32.9 Å². The molecular weight excluding hydrogens is 242 g/mol. The molecule has 2 N–H and O–H groups in total. The molecule has 0 aromatic carbocycles. The van der Waals surface area contributed by atoms with Gasteiger partial charge in [-0.05, 0) is 6.42 Å². The molecule has 0 aliphatic carbocycles. The maximum atomic E-state index is 6.01. The van der Waals surface area contributed by atoms with Gasteiger partial charge in [-0.1, -0.05) is 6.92 Å². The van der Waals surface area contributed by atoms with Crippen LogP contribution >= 0.6 is 0 Å². The monoisotopic (exact) mass is 259 g/mol. The number of ether oxygens (including phenoxy) is 1. The van der Waals surface area contributed by atoms with Crippen molar-refractivity contribution in [2.24, 2.45) is 0 Å². The van der Waals surface area contributed by atoms with Crippen molar-refractivity contribution in [3.63, 3.8) is 0 Å². The molecule has 19 heavy (non-hydrogen) atoms. The summed E-state index contributed by atoms with van der Waals surface area (Å²) in [4.78, 5) is 13.2. The molecule has 3 rings (SSSR count). The Morgan fingerprint density at radius 2 is 2.32 bits per heavy atom. The number of nitrogen functional groups attached to an aromatic ring is 1. The average molecular weight is 259 g/mol. The van der Waals surface area contributed by atoms with Gasteiger partial charge in [0, 0.05) is 18.5 Å². The highest BCUT2D eigenvalue weighted by Crippen LogP contribution is 2.24. The second kappa shape index (κ2) is 4.97. The summed E-state index contributed by atoms with van der Waals surface area (Å²) in [6.45, 7) is 4.23. The maximum absolute atomic E-state index is 6.01. The number of rotatable bonds is 3.